The number of rotatable bonds is 9. The van der Waals surface area contributed by atoms with E-state index in [2.05, 4.69) is 36.9 Å². The Bertz CT molecular complexity index is 1370. The Kier molecular flexibility index (Phi) is 8.74. The van der Waals surface area contributed by atoms with Gasteiger partial charge in [-0.25, -0.2) is 8.42 Å². The Balaban J connectivity index is 1.50. The minimum absolute atomic E-state index is 0.163. The van der Waals surface area contributed by atoms with Crippen molar-refractivity contribution in [2.75, 3.05) is 51.3 Å². The number of hydrogen-bond donors (Lipinski definition) is 0. The molecule has 1 aliphatic rings. The van der Waals surface area contributed by atoms with E-state index in [0.717, 1.165) is 11.1 Å². The van der Waals surface area contributed by atoms with E-state index >= 15 is 0 Å². The highest BCUT2D eigenvalue weighted by Gasteiger charge is 2.30. The van der Waals surface area contributed by atoms with Gasteiger partial charge in [-0.2, -0.15) is 4.31 Å². The van der Waals surface area contributed by atoms with Gasteiger partial charge in [0.15, 0.2) is 0 Å². The molecule has 3 aromatic carbocycles. The van der Waals surface area contributed by atoms with Crippen molar-refractivity contribution in [3.8, 4) is 5.75 Å². The molecule has 1 heterocycles. The molecular formula is C30H37N3O4S. The van der Waals surface area contributed by atoms with Crippen molar-refractivity contribution < 1.29 is 17.9 Å². The lowest BCUT2D eigenvalue weighted by molar-refractivity contribution is -0.131. The first-order valence-electron chi connectivity index (χ1n) is 13.0. The molecule has 202 valence electrons. The second-order valence-corrected chi connectivity index (χ2v) is 11.7. The number of ether oxygens (including phenoxy) is 1. The third-order valence-corrected chi connectivity index (χ3v) is 9.20. The number of carbonyl (C=O) groups excluding carboxylic acids is 1. The van der Waals surface area contributed by atoms with Crippen LogP contribution >= 0.6 is 0 Å². The lowest BCUT2D eigenvalue weighted by Gasteiger charge is -2.37. The summed E-state index contributed by atoms with van der Waals surface area (Å²) in [6, 6.07) is 20.8. The topological polar surface area (TPSA) is 70.2 Å². The number of aryl methyl sites for hydroxylation is 2. The minimum Gasteiger partial charge on any atom is -0.496 e. The van der Waals surface area contributed by atoms with E-state index in [-0.39, 0.29) is 23.9 Å². The molecule has 1 saturated heterocycles. The van der Waals surface area contributed by atoms with Gasteiger partial charge in [-0.3, -0.25) is 4.79 Å². The molecule has 4 rings (SSSR count). The Morgan fingerprint density at radius 1 is 0.895 bits per heavy atom. The van der Waals surface area contributed by atoms with Gasteiger partial charge in [-0.05, 0) is 73.7 Å². The molecule has 0 radical (unpaired) electrons. The van der Waals surface area contributed by atoms with Crippen LogP contribution in [0, 0.1) is 20.8 Å². The zero-order chi connectivity index (χ0) is 27.3. The van der Waals surface area contributed by atoms with Gasteiger partial charge >= 0.3 is 0 Å². The smallest absolute Gasteiger partial charge is 0.243 e. The van der Waals surface area contributed by atoms with Crippen molar-refractivity contribution >= 4 is 21.6 Å². The van der Waals surface area contributed by atoms with Gasteiger partial charge in [0.05, 0.1) is 18.6 Å². The van der Waals surface area contributed by atoms with Gasteiger partial charge in [0.2, 0.25) is 15.9 Å². The number of amides is 1. The predicted octanol–water partition coefficient (Wildman–Crippen LogP) is 4.20. The first-order chi connectivity index (χ1) is 18.2. The predicted molar refractivity (Wildman–Crippen MR) is 151 cm³/mol. The van der Waals surface area contributed by atoms with Crippen LogP contribution in [0.5, 0.6) is 5.75 Å². The molecule has 8 heteroatoms. The lowest BCUT2D eigenvalue weighted by Crippen LogP contribution is -2.52. The number of piperazine rings is 1. The van der Waals surface area contributed by atoms with Gasteiger partial charge in [0.1, 0.15) is 5.75 Å². The third kappa shape index (κ3) is 6.19. The molecule has 0 N–H and O–H groups in total. The number of methoxy groups -OCH3 is 1. The Morgan fingerprint density at radius 3 is 2.26 bits per heavy atom. The molecule has 1 aliphatic heterocycles. The monoisotopic (exact) mass is 535 g/mol. The molecule has 0 spiro atoms. The van der Waals surface area contributed by atoms with E-state index in [4.69, 9.17) is 4.74 Å². The van der Waals surface area contributed by atoms with Crippen LogP contribution in [-0.2, 0) is 21.2 Å². The number of hydrogen-bond acceptors (Lipinski definition) is 5. The largest absolute Gasteiger partial charge is 0.496 e. The summed E-state index contributed by atoms with van der Waals surface area (Å²) in [4.78, 5) is 17.7. The standard InChI is InChI=1S/C30H37N3O4S/c1-23-9-8-12-28(25(23)3)31-17-19-32(20-18-31)30(34)22-33(16-15-26-10-6-5-7-11-26)38(35,36)27-13-14-29(37-4)24(2)21-27/h5-14,21H,15-20,22H2,1-4H3. The quantitative estimate of drug-likeness (QED) is 0.411. The maximum Gasteiger partial charge on any atom is 0.243 e. The van der Waals surface area contributed by atoms with E-state index in [1.54, 1.807) is 30.2 Å². The first-order valence-corrected chi connectivity index (χ1v) is 14.4. The van der Waals surface area contributed by atoms with Gasteiger partial charge < -0.3 is 14.5 Å². The molecule has 1 fully saturated rings. The second kappa shape index (κ2) is 12.0. The molecule has 0 bridgehead atoms. The molecule has 1 amide bonds. The van der Waals surface area contributed by atoms with Crippen molar-refractivity contribution in [2.45, 2.75) is 32.1 Å². The van der Waals surface area contributed by atoms with Gasteiger partial charge in [-0.15, -0.1) is 0 Å². The highest BCUT2D eigenvalue weighted by molar-refractivity contribution is 7.89. The normalized spacial score (nSPS) is 14.1. The Morgan fingerprint density at radius 2 is 1.61 bits per heavy atom. The second-order valence-electron chi connectivity index (χ2n) is 9.79. The first kappa shape index (κ1) is 27.7. The van der Waals surface area contributed by atoms with Crippen LogP contribution in [0.3, 0.4) is 0 Å². The molecular weight excluding hydrogens is 498 g/mol. The average Bonchev–Trinajstić information content (AvgIpc) is 2.93. The van der Waals surface area contributed by atoms with Crippen molar-refractivity contribution in [1.29, 1.82) is 0 Å². The SMILES string of the molecule is COc1ccc(S(=O)(=O)N(CCc2ccccc2)CC(=O)N2CCN(c3cccc(C)c3C)CC2)cc1C. The van der Waals surface area contributed by atoms with Crippen molar-refractivity contribution in [3.05, 3.63) is 89.0 Å². The Labute approximate surface area is 226 Å². The van der Waals surface area contributed by atoms with Gasteiger partial charge in [0, 0.05) is 38.4 Å². The maximum absolute atomic E-state index is 13.7. The third-order valence-electron chi connectivity index (χ3n) is 7.36. The summed E-state index contributed by atoms with van der Waals surface area (Å²) >= 11 is 0. The zero-order valence-corrected chi connectivity index (χ0v) is 23.5. The van der Waals surface area contributed by atoms with E-state index < -0.39 is 10.0 Å². The minimum atomic E-state index is -3.90. The molecule has 3 aromatic rings. The summed E-state index contributed by atoms with van der Waals surface area (Å²) in [5.41, 5.74) is 5.44. The van der Waals surface area contributed by atoms with Crippen LogP contribution in [0.25, 0.3) is 0 Å². The Hall–Kier alpha value is -3.36. The molecule has 0 unspecified atom stereocenters. The summed E-state index contributed by atoms with van der Waals surface area (Å²) in [7, 11) is -2.34. The summed E-state index contributed by atoms with van der Waals surface area (Å²) in [5, 5.41) is 0. The number of carbonyl (C=O) groups is 1. The fourth-order valence-corrected chi connectivity index (χ4v) is 6.34. The molecule has 0 atom stereocenters. The molecule has 7 nitrogen and oxygen atoms in total. The summed E-state index contributed by atoms with van der Waals surface area (Å²) < 4.78 is 34.1. The van der Waals surface area contributed by atoms with Crippen LogP contribution in [-0.4, -0.2) is 69.9 Å². The fourth-order valence-electron chi connectivity index (χ4n) is 4.87. The number of nitrogens with zero attached hydrogens (tertiary/aromatic N) is 3. The maximum atomic E-state index is 13.7. The van der Waals surface area contributed by atoms with E-state index in [1.807, 2.05) is 37.3 Å². The van der Waals surface area contributed by atoms with Crippen LogP contribution in [0.15, 0.2) is 71.6 Å². The van der Waals surface area contributed by atoms with Crippen molar-refractivity contribution in [2.24, 2.45) is 0 Å². The van der Waals surface area contributed by atoms with Crippen LogP contribution < -0.4 is 9.64 Å². The molecule has 0 aromatic heterocycles. The highest BCUT2D eigenvalue weighted by Crippen LogP contribution is 2.26. The summed E-state index contributed by atoms with van der Waals surface area (Å²) in [6.07, 6.45) is 0.517. The van der Waals surface area contributed by atoms with E-state index in [9.17, 15) is 13.2 Å². The summed E-state index contributed by atoms with van der Waals surface area (Å²) in [5.74, 6) is 0.449. The van der Waals surface area contributed by atoms with Gasteiger partial charge in [-0.1, -0.05) is 42.5 Å². The van der Waals surface area contributed by atoms with Gasteiger partial charge in [0.25, 0.3) is 0 Å². The van der Waals surface area contributed by atoms with E-state index in [1.165, 1.54) is 21.1 Å². The average molecular weight is 536 g/mol. The molecule has 0 saturated carbocycles. The van der Waals surface area contributed by atoms with Crippen molar-refractivity contribution in [1.82, 2.24) is 9.21 Å². The number of anilines is 1. The van der Waals surface area contributed by atoms with E-state index in [0.29, 0.717) is 38.3 Å². The van der Waals surface area contributed by atoms with Crippen LogP contribution in [0.2, 0.25) is 0 Å². The lowest BCUT2D eigenvalue weighted by atomic mass is 10.1. The number of sulfonamides is 1. The molecule has 0 aliphatic carbocycles. The van der Waals surface area contributed by atoms with Crippen molar-refractivity contribution in [3.63, 3.8) is 0 Å². The van der Waals surface area contributed by atoms with Crippen LogP contribution in [0.1, 0.15) is 22.3 Å². The summed E-state index contributed by atoms with van der Waals surface area (Å²) in [6.45, 7) is 8.60. The zero-order valence-electron chi connectivity index (χ0n) is 22.7. The molecule has 38 heavy (non-hydrogen) atoms. The fraction of sp³-hybridized carbons (Fsp3) is 0.367. The highest BCUT2D eigenvalue weighted by atomic mass is 32.2. The number of benzene rings is 3. The van der Waals surface area contributed by atoms with Crippen LogP contribution in [0.4, 0.5) is 5.69 Å².